The molecule has 0 saturated heterocycles. The molecule has 3 aromatic carbocycles. The lowest BCUT2D eigenvalue weighted by molar-refractivity contribution is 1.57. The molecule has 1 heteroatoms. The first-order chi connectivity index (χ1) is 9.33. The van der Waals surface area contributed by atoms with Gasteiger partial charge in [0.05, 0.1) is 0 Å². The molecule has 1 radical (unpaired) electrons. The number of benzene rings is 3. The van der Waals surface area contributed by atoms with Crippen molar-refractivity contribution in [3.05, 3.63) is 83.3 Å². The molecule has 3 rings (SSSR count). The molecule has 19 heavy (non-hydrogen) atoms. The van der Waals surface area contributed by atoms with Gasteiger partial charge in [0.25, 0.3) is 0 Å². The average Bonchev–Trinajstić information content (AvgIpc) is 2.48. The van der Waals surface area contributed by atoms with E-state index in [-0.39, 0.29) is 0 Å². The van der Waals surface area contributed by atoms with Crippen molar-refractivity contribution in [2.45, 2.75) is 0 Å². The van der Waals surface area contributed by atoms with Gasteiger partial charge in [-0.05, 0) is 40.5 Å². The van der Waals surface area contributed by atoms with E-state index >= 15 is 0 Å². The van der Waals surface area contributed by atoms with Crippen molar-refractivity contribution in [1.82, 2.24) is 0 Å². The van der Waals surface area contributed by atoms with Crippen LogP contribution in [0.15, 0.2) is 77.3 Å². The third-order valence-corrected chi connectivity index (χ3v) is 3.56. The van der Waals surface area contributed by atoms with Crippen LogP contribution in [0.5, 0.6) is 0 Å². The fourth-order valence-electron chi connectivity index (χ4n) is 2.08. The second kappa shape index (κ2) is 5.41. The third-order valence-electron chi connectivity index (χ3n) is 3.06. The molecule has 0 atom stereocenters. The third kappa shape index (κ3) is 2.77. The molecule has 0 N–H and O–H groups in total. The van der Waals surface area contributed by atoms with Gasteiger partial charge in [0.15, 0.2) is 0 Å². The van der Waals surface area contributed by atoms with Gasteiger partial charge in [-0.15, -0.1) is 0 Å². The van der Waals surface area contributed by atoms with Gasteiger partial charge in [0.1, 0.15) is 0 Å². The van der Waals surface area contributed by atoms with Gasteiger partial charge in [-0.1, -0.05) is 76.6 Å². The van der Waals surface area contributed by atoms with Gasteiger partial charge >= 0.3 is 0 Å². The van der Waals surface area contributed by atoms with Crippen LogP contribution < -0.4 is 0 Å². The van der Waals surface area contributed by atoms with Crippen LogP contribution in [0, 0.1) is 6.07 Å². The topological polar surface area (TPSA) is 0 Å². The summed E-state index contributed by atoms with van der Waals surface area (Å²) in [5.41, 5.74) is 4.77. The average molecular weight is 308 g/mol. The van der Waals surface area contributed by atoms with Crippen molar-refractivity contribution in [3.63, 3.8) is 0 Å². The summed E-state index contributed by atoms with van der Waals surface area (Å²) in [7, 11) is 0. The van der Waals surface area contributed by atoms with Gasteiger partial charge in [-0.2, -0.15) is 0 Å². The van der Waals surface area contributed by atoms with Crippen molar-refractivity contribution in [2.24, 2.45) is 0 Å². The lowest BCUT2D eigenvalue weighted by Gasteiger charge is -2.05. The minimum atomic E-state index is 1.10. The first-order valence-corrected chi connectivity index (χ1v) is 6.95. The number of hydrogen-bond donors (Lipinski definition) is 0. The Morgan fingerprint density at radius 2 is 1.47 bits per heavy atom. The van der Waals surface area contributed by atoms with Crippen molar-refractivity contribution in [1.29, 1.82) is 0 Å². The predicted octanol–water partition coefficient (Wildman–Crippen LogP) is 5.58. The maximum Gasteiger partial charge on any atom is 0.0181 e. The van der Waals surface area contributed by atoms with E-state index in [9.17, 15) is 0 Å². The highest BCUT2D eigenvalue weighted by molar-refractivity contribution is 9.10. The summed E-state index contributed by atoms with van der Waals surface area (Å²) in [5, 5.41) is 0. The van der Waals surface area contributed by atoms with Gasteiger partial charge < -0.3 is 0 Å². The highest BCUT2D eigenvalue weighted by atomic mass is 79.9. The van der Waals surface area contributed by atoms with Crippen molar-refractivity contribution in [3.8, 4) is 22.3 Å². The van der Waals surface area contributed by atoms with E-state index in [2.05, 4.69) is 70.5 Å². The highest BCUT2D eigenvalue weighted by Gasteiger charge is 2.00. The molecule has 0 amide bonds. The molecule has 0 bridgehead atoms. The van der Waals surface area contributed by atoms with Gasteiger partial charge in [-0.3, -0.25) is 0 Å². The minimum Gasteiger partial charge on any atom is -0.0616 e. The van der Waals surface area contributed by atoms with Gasteiger partial charge in [-0.25, -0.2) is 0 Å². The molecule has 3 aromatic rings. The van der Waals surface area contributed by atoms with E-state index in [1.807, 2.05) is 24.3 Å². The van der Waals surface area contributed by atoms with Gasteiger partial charge in [0, 0.05) is 4.47 Å². The molecule has 0 aliphatic heterocycles. The minimum absolute atomic E-state index is 1.10. The molecule has 91 valence electrons. The predicted molar refractivity (Wildman–Crippen MR) is 83.9 cm³/mol. The van der Waals surface area contributed by atoms with Crippen LogP contribution in [-0.4, -0.2) is 0 Å². The largest absolute Gasteiger partial charge is 0.0616 e. The summed E-state index contributed by atoms with van der Waals surface area (Å²) in [6.45, 7) is 0. The molecule has 0 nitrogen and oxygen atoms in total. The van der Waals surface area contributed by atoms with Crippen LogP contribution >= 0.6 is 15.9 Å². The molecule has 0 unspecified atom stereocenters. The molecule has 0 fully saturated rings. The fraction of sp³-hybridized carbons (Fsp3) is 0. The Balaban J connectivity index is 1.95. The molecule has 0 aliphatic carbocycles. The highest BCUT2D eigenvalue weighted by Crippen LogP contribution is 2.26. The molecule has 0 saturated carbocycles. The molecular formula is C18H12Br. The maximum atomic E-state index is 3.51. The molecular weight excluding hydrogens is 296 g/mol. The first kappa shape index (κ1) is 12.2. The smallest absolute Gasteiger partial charge is 0.0181 e. The number of hydrogen-bond acceptors (Lipinski definition) is 0. The first-order valence-electron chi connectivity index (χ1n) is 6.16. The Morgan fingerprint density at radius 1 is 0.684 bits per heavy atom. The van der Waals surface area contributed by atoms with E-state index in [1.165, 1.54) is 16.7 Å². The van der Waals surface area contributed by atoms with Crippen LogP contribution in [0.3, 0.4) is 0 Å². The maximum absolute atomic E-state index is 3.51. The lowest BCUT2D eigenvalue weighted by Crippen LogP contribution is -1.80. The summed E-state index contributed by atoms with van der Waals surface area (Å²) in [6.07, 6.45) is 0. The Morgan fingerprint density at radius 3 is 2.16 bits per heavy atom. The summed E-state index contributed by atoms with van der Waals surface area (Å²) < 4.78 is 1.10. The van der Waals surface area contributed by atoms with Crippen LogP contribution in [-0.2, 0) is 0 Å². The monoisotopic (exact) mass is 307 g/mol. The summed E-state index contributed by atoms with van der Waals surface area (Å²) in [6, 6.07) is 28.2. The summed E-state index contributed by atoms with van der Waals surface area (Å²) in [5.74, 6) is 0. The summed E-state index contributed by atoms with van der Waals surface area (Å²) >= 11 is 3.51. The summed E-state index contributed by atoms with van der Waals surface area (Å²) in [4.78, 5) is 0. The van der Waals surface area contributed by atoms with Crippen LogP contribution in [0.1, 0.15) is 0 Å². The van der Waals surface area contributed by atoms with E-state index < -0.39 is 0 Å². The van der Waals surface area contributed by atoms with Crippen LogP contribution in [0.25, 0.3) is 22.3 Å². The zero-order valence-electron chi connectivity index (χ0n) is 10.3. The molecule has 0 heterocycles. The quantitative estimate of drug-likeness (QED) is 0.579. The fourth-order valence-corrected chi connectivity index (χ4v) is 2.48. The van der Waals surface area contributed by atoms with Crippen molar-refractivity contribution in [2.75, 3.05) is 0 Å². The number of rotatable bonds is 2. The normalized spacial score (nSPS) is 10.4. The standard InChI is InChI=1S/C18H12Br/c19-18-8-4-7-17(13-18)16-11-9-15(10-12-16)14-5-2-1-3-6-14/h1-5,7-13H. The van der Waals surface area contributed by atoms with E-state index in [1.54, 1.807) is 0 Å². The van der Waals surface area contributed by atoms with Crippen LogP contribution in [0.4, 0.5) is 0 Å². The number of halogens is 1. The zero-order chi connectivity index (χ0) is 13.1. The molecule has 0 aliphatic rings. The van der Waals surface area contributed by atoms with E-state index in [0.29, 0.717) is 0 Å². The van der Waals surface area contributed by atoms with E-state index in [0.717, 1.165) is 10.0 Å². The van der Waals surface area contributed by atoms with Crippen molar-refractivity contribution >= 4 is 15.9 Å². The van der Waals surface area contributed by atoms with Crippen LogP contribution in [0.2, 0.25) is 0 Å². The molecule has 0 spiro atoms. The Hall–Kier alpha value is -1.86. The second-order valence-electron chi connectivity index (χ2n) is 4.36. The lowest BCUT2D eigenvalue weighted by atomic mass is 10.0. The van der Waals surface area contributed by atoms with Crippen molar-refractivity contribution < 1.29 is 0 Å². The Kier molecular flexibility index (Phi) is 3.47. The SMILES string of the molecule is Brc1cccc(-c2ccc(-c3[c]cccc3)cc2)c1. The second-order valence-corrected chi connectivity index (χ2v) is 5.28. The van der Waals surface area contributed by atoms with Gasteiger partial charge in [0.2, 0.25) is 0 Å². The Labute approximate surface area is 121 Å². The molecule has 0 aromatic heterocycles. The Bertz CT molecular complexity index is 670. The zero-order valence-corrected chi connectivity index (χ0v) is 11.9. The van der Waals surface area contributed by atoms with E-state index in [4.69, 9.17) is 0 Å².